The molecule has 0 atom stereocenters. The van der Waals surface area contributed by atoms with E-state index < -0.39 is 0 Å². The minimum absolute atomic E-state index is 0. The third kappa shape index (κ3) is 6.85. The van der Waals surface area contributed by atoms with E-state index in [4.69, 9.17) is 0 Å². The molecular formula is C24H25HfSi-2. The molecule has 0 aliphatic heterocycles. The summed E-state index contributed by atoms with van der Waals surface area (Å²) < 4.78 is 0. The van der Waals surface area contributed by atoms with E-state index in [-0.39, 0.29) is 25.8 Å². The summed E-state index contributed by atoms with van der Waals surface area (Å²) in [6.45, 7) is 11.3. The van der Waals surface area contributed by atoms with Gasteiger partial charge in [0.2, 0.25) is 0 Å². The zero-order valence-corrected chi connectivity index (χ0v) is 20.3. The van der Waals surface area contributed by atoms with Crippen molar-refractivity contribution in [1.29, 1.82) is 0 Å². The van der Waals surface area contributed by atoms with E-state index in [0.29, 0.717) is 9.52 Å². The Hall–Kier alpha value is -1.77. The van der Waals surface area contributed by atoms with Crippen molar-refractivity contribution in [2.75, 3.05) is 0 Å². The molecule has 4 rings (SSSR count). The molecule has 4 aromatic rings. The molecular weight excluding hydrogens is 495 g/mol. The van der Waals surface area contributed by atoms with Gasteiger partial charge in [0.1, 0.15) is 0 Å². The Bertz CT molecular complexity index is 799. The average Bonchev–Trinajstić information content (AvgIpc) is 3.17. The van der Waals surface area contributed by atoms with Gasteiger partial charge in [0, 0.05) is 25.8 Å². The molecule has 131 valence electrons. The molecule has 0 aliphatic rings. The summed E-state index contributed by atoms with van der Waals surface area (Å²) in [6, 6.07) is 25.7. The molecule has 26 heavy (non-hydrogen) atoms. The van der Waals surface area contributed by atoms with Gasteiger partial charge in [-0.3, -0.25) is 0 Å². The van der Waals surface area contributed by atoms with E-state index >= 15 is 0 Å². The van der Waals surface area contributed by atoms with Crippen LogP contribution >= 0.6 is 0 Å². The first kappa shape index (κ1) is 22.3. The molecule has 0 aliphatic carbocycles. The van der Waals surface area contributed by atoms with Crippen molar-refractivity contribution < 1.29 is 25.8 Å². The molecule has 0 N–H and O–H groups in total. The van der Waals surface area contributed by atoms with Crippen molar-refractivity contribution in [3.05, 3.63) is 108 Å². The van der Waals surface area contributed by atoms with Gasteiger partial charge in [-0.25, -0.2) is 0 Å². The maximum absolute atomic E-state index is 3.52. The SMILES string of the molecule is C=C[SiH]C=C.Cc1cc2ccccc2[cH-]1.Cc1cc2ccccc2[cH-]1.[Hf]. The Morgan fingerprint density at radius 3 is 1.42 bits per heavy atom. The number of benzene rings is 2. The van der Waals surface area contributed by atoms with E-state index in [1.165, 1.54) is 32.7 Å². The van der Waals surface area contributed by atoms with Crippen LogP contribution in [0.25, 0.3) is 21.5 Å². The summed E-state index contributed by atoms with van der Waals surface area (Å²) in [5.74, 6) is 0. The fourth-order valence-corrected chi connectivity index (χ4v) is 2.90. The van der Waals surface area contributed by atoms with Crippen LogP contribution in [0.15, 0.2) is 97.4 Å². The van der Waals surface area contributed by atoms with Gasteiger partial charge in [-0.1, -0.05) is 26.0 Å². The van der Waals surface area contributed by atoms with E-state index in [0.717, 1.165) is 0 Å². The largest absolute Gasteiger partial charge is 0.165 e. The Kier molecular flexibility index (Phi) is 10.1. The summed E-state index contributed by atoms with van der Waals surface area (Å²) in [5.41, 5.74) is 6.49. The van der Waals surface area contributed by atoms with Crippen molar-refractivity contribution in [1.82, 2.24) is 0 Å². The molecule has 0 heterocycles. The molecule has 0 saturated carbocycles. The van der Waals surface area contributed by atoms with Gasteiger partial charge in [-0.05, 0) is 0 Å². The molecule has 0 spiro atoms. The predicted molar refractivity (Wildman–Crippen MR) is 116 cm³/mol. The van der Waals surface area contributed by atoms with Gasteiger partial charge in [0.05, 0.1) is 9.52 Å². The maximum Gasteiger partial charge on any atom is 0.0821 e. The first-order chi connectivity index (χ1) is 12.1. The van der Waals surface area contributed by atoms with Crippen molar-refractivity contribution in [2.24, 2.45) is 0 Å². The van der Waals surface area contributed by atoms with Gasteiger partial charge in [0.25, 0.3) is 0 Å². The molecule has 1 radical (unpaired) electrons. The summed E-state index contributed by atoms with van der Waals surface area (Å²) in [7, 11) is 0.343. The topological polar surface area (TPSA) is 0 Å². The molecule has 0 saturated heterocycles. The van der Waals surface area contributed by atoms with Crippen LogP contribution in [0.3, 0.4) is 0 Å². The maximum atomic E-state index is 3.52. The summed E-state index contributed by atoms with van der Waals surface area (Å²) in [6.07, 6.45) is 0. The van der Waals surface area contributed by atoms with Gasteiger partial charge in [-0.15, -0.1) is 106 Å². The second kappa shape index (κ2) is 11.8. The number of fused-ring (bicyclic) bond motifs is 2. The standard InChI is InChI=1S/2C10H9.C4H7Si.Hf/c2*1-8-6-9-4-2-3-5-10(9)7-8;1-3-5-4-2;/h2*2-7H,1H3;3-5H,1-2H2;/q2*-1;;. The molecule has 0 amide bonds. The fraction of sp³-hybridized carbons (Fsp3) is 0.0833. The third-order valence-electron chi connectivity index (χ3n) is 3.80. The molecule has 0 nitrogen and oxygen atoms in total. The van der Waals surface area contributed by atoms with Crippen LogP contribution in [0.1, 0.15) is 11.1 Å². The predicted octanol–water partition coefficient (Wildman–Crippen LogP) is 6.44. The van der Waals surface area contributed by atoms with Gasteiger partial charge in [0.15, 0.2) is 0 Å². The minimum Gasteiger partial charge on any atom is -0.165 e. The summed E-state index contributed by atoms with van der Waals surface area (Å²) in [4.78, 5) is 0. The van der Waals surface area contributed by atoms with Gasteiger partial charge < -0.3 is 0 Å². The Labute approximate surface area is 178 Å². The van der Waals surface area contributed by atoms with Gasteiger partial charge >= 0.3 is 0 Å². The van der Waals surface area contributed by atoms with Crippen molar-refractivity contribution >= 4 is 31.1 Å². The quantitative estimate of drug-likeness (QED) is 0.211. The summed E-state index contributed by atoms with van der Waals surface area (Å²) in [5, 5.41) is 5.39. The molecule has 0 unspecified atom stereocenters. The molecule has 0 aromatic heterocycles. The first-order valence-electron chi connectivity index (χ1n) is 8.45. The van der Waals surface area contributed by atoms with E-state index in [9.17, 15) is 0 Å². The molecule has 0 bridgehead atoms. The van der Waals surface area contributed by atoms with E-state index in [2.05, 4.69) is 99.8 Å². The second-order valence-electron chi connectivity index (χ2n) is 5.99. The second-order valence-corrected chi connectivity index (χ2v) is 7.31. The van der Waals surface area contributed by atoms with Crippen LogP contribution in [0.2, 0.25) is 0 Å². The Balaban J connectivity index is 0.000000204. The van der Waals surface area contributed by atoms with E-state index in [1.807, 2.05) is 11.4 Å². The Morgan fingerprint density at radius 2 is 1.12 bits per heavy atom. The van der Waals surface area contributed by atoms with Crippen LogP contribution in [0.5, 0.6) is 0 Å². The molecule has 0 fully saturated rings. The van der Waals surface area contributed by atoms with Crippen LogP contribution in [-0.4, -0.2) is 9.52 Å². The first-order valence-corrected chi connectivity index (χ1v) is 9.78. The number of hydrogen-bond donors (Lipinski definition) is 0. The number of aryl methyl sites for hydroxylation is 2. The van der Waals surface area contributed by atoms with Crippen LogP contribution in [0, 0.1) is 13.8 Å². The van der Waals surface area contributed by atoms with Gasteiger partial charge in [-0.2, -0.15) is 12.1 Å². The zero-order valence-electron chi connectivity index (χ0n) is 15.6. The molecule has 4 aromatic carbocycles. The normalized spacial score (nSPS) is 9.31. The van der Waals surface area contributed by atoms with Crippen LogP contribution < -0.4 is 0 Å². The average molecular weight is 520 g/mol. The number of hydrogen-bond acceptors (Lipinski definition) is 0. The van der Waals surface area contributed by atoms with E-state index in [1.54, 1.807) is 0 Å². The fourth-order valence-electron chi connectivity index (χ4n) is 2.71. The van der Waals surface area contributed by atoms with Crippen LogP contribution in [-0.2, 0) is 25.8 Å². The van der Waals surface area contributed by atoms with Crippen molar-refractivity contribution in [3.8, 4) is 0 Å². The van der Waals surface area contributed by atoms with Crippen molar-refractivity contribution in [3.63, 3.8) is 0 Å². The zero-order chi connectivity index (χ0) is 18.1. The third-order valence-corrected chi connectivity index (χ3v) is 4.34. The smallest absolute Gasteiger partial charge is 0.0821 e. The van der Waals surface area contributed by atoms with Crippen LogP contribution in [0.4, 0.5) is 0 Å². The minimum atomic E-state index is 0. The Morgan fingerprint density at radius 1 is 0.731 bits per heavy atom. The summed E-state index contributed by atoms with van der Waals surface area (Å²) >= 11 is 0. The van der Waals surface area contributed by atoms with Crippen molar-refractivity contribution in [2.45, 2.75) is 13.8 Å². The molecule has 2 heteroatoms. The monoisotopic (exact) mass is 521 g/mol. The number of rotatable bonds is 2.